The second-order valence-corrected chi connectivity index (χ2v) is 3.73. The minimum atomic E-state index is -0.938. The molecule has 0 radical (unpaired) electrons. The molecule has 7 heteroatoms. The van der Waals surface area contributed by atoms with Crippen molar-refractivity contribution in [2.75, 3.05) is 0 Å². The smallest absolute Gasteiger partial charge is 0.271 e. The number of rotatable bonds is 3. The van der Waals surface area contributed by atoms with Gasteiger partial charge in [-0.2, -0.15) is 5.26 Å². The van der Waals surface area contributed by atoms with Gasteiger partial charge in [0.15, 0.2) is 11.6 Å². The Bertz CT molecular complexity index is 726. The molecule has 2 aromatic carbocycles. The van der Waals surface area contributed by atoms with Crippen molar-refractivity contribution in [2.45, 2.75) is 0 Å². The summed E-state index contributed by atoms with van der Waals surface area (Å²) in [6.07, 6.45) is 0. The van der Waals surface area contributed by atoms with Crippen LogP contribution >= 0.6 is 0 Å². The maximum absolute atomic E-state index is 13.4. The van der Waals surface area contributed by atoms with Gasteiger partial charge in [0, 0.05) is 18.2 Å². The Morgan fingerprint density at radius 1 is 1.15 bits per heavy atom. The topological polar surface area (TPSA) is 76.2 Å². The maximum atomic E-state index is 13.4. The average molecular weight is 276 g/mol. The number of hydrogen-bond donors (Lipinski definition) is 0. The number of nitro benzene ring substituents is 1. The molecule has 2 aromatic rings. The summed E-state index contributed by atoms with van der Waals surface area (Å²) in [5, 5.41) is 19.5. The second-order valence-electron chi connectivity index (χ2n) is 3.73. The normalized spacial score (nSPS) is 9.85. The number of hydrogen-bond acceptors (Lipinski definition) is 4. The van der Waals surface area contributed by atoms with Crippen molar-refractivity contribution in [2.24, 2.45) is 0 Å². The molecule has 0 saturated heterocycles. The van der Waals surface area contributed by atoms with Crippen LogP contribution in [0.25, 0.3) is 0 Å². The molecule has 0 atom stereocenters. The molecule has 0 spiro atoms. The van der Waals surface area contributed by atoms with Crippen LogP contribution in [-0.4, -0.2) is 4.92 Å². The largest absolute Gasteiger partial charge is 0.453 e. The van der Waals surface area contributed by atoms with Crippen LogP contribution in [0.5, 0.6) is 11.5 Å². The predicted octanol–water partition coefficient (Wildman–Crippen LogP) is 3.54. The molecule has 5 nitrogen and oxygen atoms in total. The van der Waals surface area contributed by atoms with E-state index in [9.17, 15) is 18.9 Å². The molecule has 0 aliphatic rings. The maximum Gasteiger partial charge on any atom is 0.271 e. The van der Waals surface area contributed by atoms with Crippen LogP contribution in [0.15, 0.2) is 36.4 Å². The summed E-state index contributed by atoms with van der Waals surface area (Å²) in [4.78, 5) is 9.92. The van der Waals surface area contributed by atoms with Crippen LogP contribution in [-0.2, 0) is 0 Å². The Kier molecular flexibility index (Phi) is 3.57. The summed E-state index contributed by atoms with van der Waals surface area (Å²) in [6, 6.07) is 7.72. The number of nitrogens with zero attached hydrogens (tertiary/aromatic N) is 2. The van der Waals surface area contributed by atoms with Gasteiger partial charge < -0.3 is 4.74 Å². The highest BCUT2D eigenvalue weighted by Gasteiger charge is 2.14. The van der Waals surface area contributed by atoms with E-state index in [1.165, 1.54) is 6.07 Å². The van der Waals surface area contributed by atoms with Gasteiger partial charge in [0.2, 0.25) is 0 Å². The zero-order chi connectivity index (χ0) is 14.7. The fraction of sp³-hybridized carbons (Fsp3) is 0. The van der Waals surface area contributed by atoms with Gasteiger partial charge >= 0.3 is 0 Å². The van der Waals surface area contributed by atoms with Crippen LogP contribution in [0.4, 0.5) is 14.5 Å². The van der Waals surface area contributed by atoms with Crippen LogP contribution in [0.3, 0.4) is 0 Å². The lowest BCUT2D eigenvalue weighted by Gasteiger charge is -2.08. The quantitative estimate of drug-likeness (QED) is 0.634. The summed E-state index contributed by atoms with van der Waals surface area (Å²) in [6.45, 7) is 0. The molecule has 0 amide bonds. The lowest BCUT2D eigenvalue weighted by Crippen LogP contribution is -1.94. The molecule has 0 N–H and O–H groups in total. The number of nitro groups is 1. The first-order valence-corrected chi connectivity index (χ1v) is 5.32. The summed E-state index contributed by atoms with van der Waals surface area (Å²) in [5.74, 6) is -2.04. The Hall–Kier alpha value is -3.01. The van der Waals surface area contributed by atoms with Crippen molar-refractivity contribution in [3.63, 3.8) is 0 Å². The van der Waals surface area contributed by atoms with Crippen molar-refractivity contribution in [3.8, 4) is 17.6 Å². The van der Waals surface area contributed by atoms with Gasteiger partial charge in [0.1, 0.15) is 23.2 Å². The lowest BCUT2D eigenvalue weighted by molar-refractivity contribution is -0.384. The molecule has 0 aliphatic carbocycles. The van der Waals surface area contributed by atoms with Gasteiger partial charge in [-0.15, -0.1) is 0 Å². The molecule has 0 saturated carbocycles. The van der Waals surface area contributed by atoms with Crippen LogP contribution in [0, 0.1) is 33.1 Å². The third kappa shape index (κ3) is 2.70. The molecule has 0 unspecified atom stereocenters. The molecule has 0 aromatic heterocycles. The van der Waals surface area contributed by atoms with E-state index in [2.05, 4.69) is 0 Å². The van der Waals surface area contributed by atoms with E-state index in [1.807, 2.05) is 0 Å². The number of halogens is 2. The molecule has 0 fully saturated rings. The van der Waals surface area contributed by atoms with E-state index in [0.717, 1.165) is 24.3 Å². The Labute approximate surface area is 111 Å². The number of non-ortho nitro benzene ring substituents is 1. The van der Waals surface area contributed by atoms with E-state index < -0.39 is 16.6 Å². The van der Waals surface area contributed by atoms with Crippen molar-refractivity contribution >= 4 is 5.69 Å². The summed E-state index contributed by atoms with van der Waals surface area (Å²) in [5.41, 5.74) is -0.406. The number of ether oxygens (including phenoxy) is 1. The highest BCUT2D eigenvalue weighted by atomic mass is 19.1. The Morgan fingerprint density at radius 3 is 2.45 bits per heavy atom. The molecular weight excluding hydrogens is 270 g/mol. The SMILES string of the molecule is N#Cc1cc([N+](=O)[O-])ccc1Oc1ccc(F)cc1F. The molecule has 0 bridgehead atoms. The molecule has 0 heterocycles. The zero-order valence-corrected chi connectivity index (χ0v) is 9.84. The summed E-state index contributed by atoms with van der Waals surface area (Å²) < 4.78 is 31.3. The fourth-order valence-electron chi connectivity index (χ4n) is 1.48. The molecule has 100 valence electrons. The van der Waals surface area contributed by atoms with Crippen molar-refractivity contribution < 1.29 is 18.4 Å². The van der Waals surface area contributed by atoms with Gasteiger partial charge in [0.05, 0.1) is 4.92 Å². The monoisotopic (exact) mass is 276 g/mol. The average Bonchev–Trinajstić information content (AvgIpc) is 2.42. The second kappa shape index (κ2) is 5.32. The van der Waals surface area contributed by atoms with Gasteiger partial charge in [-0.3, -0.25) is 10.1 Å². The van der Waals surface area contributed by atoms with Gasteiger partial charge in [-0.1, -0.05) is 0 Å². The van der Waals surface area contributed by atoms with E-state index >= 15 is 0 Å². The van der Waals surface area contributed by atoms with Crippen LogP contribution in [0.2, 0.25) is 0 Å². The first-order chi connectivity index (χ1) is 9.51. The molecule has 0 aliphatic heterocycles. The molecular formula is C13H6F2N2O3. The van der Waals surface area contributed by atoms with E-state index in [0.29, 0.717) is 6.07 Å². The summed E-state index contributed by atoms with van der Waals surface area (Å²) >= 11 is 0. The van der Waals surface area contributed by atoms with Gasteiger partial charge in [-0.05, 0) is 18.2 Å². The number of nitriles is 1. The van der Waals surface area contributed by atoms with Crippen LogP contribution in [0.1, 0.15) is 5.56 Å². The van der Waals surface area contributed by atoms with Crippen molar-refractivity contribution in [1.29, 1.82) is 5.26 Å². The van der Waals surface area contributed by atoms with Gasteiger partial charge in [-0.25, -0.2) is 8.78 Å². The molecule has 2 rings (SSSR count). The zero-order valence-electron chi connectivity index (χ0n) is 9.84. The Morgan fingerprint density at radius 2 is 1.85 bits per heavy atom. The number of benzene rings is 2. The third-order valence-corrected chi connectivity index (χ3v) is 2.41. The van der Waals surface area contributed by atoms with Crippen LogP contribution < -0.4 is 4.74 Å². The fourth-order valence-corrected chi connectivity index (χ4v) is 1.48. The minimum Gasteiger partial charge on any atom is -0.453 e. The van der Waals surface area contributed by atoms with Crippen molar-refractivity contribution in [1.82, 2.24) is 0 Å². The standard InChI is InChI=1S/C13H6F2N2O3/c14-9-1-3-13(11(15)6-9)20-12-4-2-10(17(18)19)5-8(12)7-16/h1-6H. The highest BCUT2D eigenvalue weighted by molar-refractivity contribution is 5.51. The lowest BCUT2D eigenvalue weighted by atomic mass is 10.2. The summed E-state index contributed by atoms with van der Waals surface area (Å²) in [7, 11) is 0. The van der Waals surface area contributed by atoms with E-state index in [1.54, 1.807) is 6.07 Å². The third-order valence-electron chi connectivity index (χ3n) is 2.41. The van der Waals surface area contributed by atoms with E-state index in [4.69, 9.17) is 10.00 Å². The first-order valence-electron chi connectivity index (χ1n) is 5.32. The first kappa shape index (κ1) is 13.4. The molecule has 20 heavy (non-hydrogen) atoms. The predicted molar refractivity (Wildman–Crippen MR) is 64.2 cm³/mol. The van der Waals surface area contributed by atoms with Gasteiger partial charge in [0.25, 0.3) is 5.69 Å². The minimum absolute atomic E-state index is 0.0522. The van der Waals surface area contributed by atoms with Crippen molar-refractivity contribution in [3.05, 3.63) is 63.7 Å². The van der Waals surface area contributed by atoms with E-state index in [-0.39, 0.29) is 22.7 Å². The Balaban J connectivity index is 2.39. The highest BCUT2D eigenvalue weighted by Crippen LogP contribution is 2.29.